The number of thiophene rings is 1. The highest BCUT2D eigenvalue weighted by atomic mass is 35.5. The summed E-state index contributed by atoms with van der Waals surface area (Å²) in [5, 5.41) is 12.5. The molecular formula is C10H14ClNO2S2. The van der Waals surface area contributed by atoms with E-state index in [1.165, 1.54) is 11.3 Å². The van der Waals surface area contributed by atoms with E-state index in [-0.39, 0.29) is 12.5 Å². The largest absolute Gasteiger partial charge is 0.387 e. The minimum absolute atomic E-state index is 0.196. The van der Waals surface area contributed by atoms with Crippen LogP contribution in [0.2, 0.25) is 4.34 Å². The highest BCUT2D eigenvalue weighted by Crippen LogP contribution is 2.21. The molecule has 0 aliphatic heterocycles. The van der Waals surface area contributed by atoms with Crippen molar-refractivity contribution in [3.05, 3.63) is 21.3 Å². The zero-order chi connectivity index (χ0) is 12.2. The Balaban J connectivity index is 2.47. The van der Waals surface area contributed by atoms with Gasteiger partial charge in [0.15, 0.2) is 0 Å². The van der Waals surface area contributed by atoms with Gasteiger partial charge in [0.1, 0.15) is 0 Å². The fraction of sp³-hybridized carbons (Fsp3) is 0.500. The molecule has 1 aromatic rings. The van der Waals surface area contributed by atoms with E-state index in [1.54, 1.807) is 30.8 Å². The number of aliphatic hydroxyl groups is 1. The van der Waals surface area contributed by atoms with Crippen molar-refractivity contribution >= 4 is 40.6 Å². The number of halogens is 1. The van der Waals surface area contributed by atoms with E-state index in [1.807, 2.05) is 6.26 Å². The molecule has 0 spiro atoms. The average molecular weight is 280 g/mol. The van der Waals surface area contributed by atoms with E-state index in [9.17, 15) is 9.90 Å². The summed E-state index contributed by atoms with van der Waals surface area (Å²) in [6.45, 7) is 1.94. The van der Waals surface area contributed by atoms with Crippen LogP contribution in [-0.4, -0.2) is 35.2 Å². The number of carbonyl (C=O) groups excluding carboxylic acids is 1. The van der Waals surface area contributed by atoms with Gasteiger partial charge in [-0.15, -0.1) is 11.3 Å². The van der Waals surface area contributed by atoms with Crippen molar-refractivity contribution in [3.63, 3.8) is 0 Å². The third-order valence-corrected chi connectivity index (χ3v) is 4.02. The number of amides is 1. The van der Waals surface area contributed by atoms with Gasteiger partial charge in [0.2, 0.25) is 0 Å². The Labute approximate surface area is 108 Å². The maximum atomic E-state index is 11.6. The van der Waals surface area contributed by atoms with Crippen LogP contribution in [-0.2, 0) is 0 Å². The Hall–Kier alpha value is -0.230. The summed E-state index contributed by atoms with van der Waals surface area (Å²) < 4.78 is 0.584. The Morgan fingerprint density at radius 3 is 2.88 bits per heavy atom. The Kier molecular flexibility index (Phi) is 5.11. The van der Waals surface area contributed by atoms with Crippen molar-refractivity contribution < 1.29 is 9.90 Å². The fourth-order valence-corrected chi connectivity index (χ4v) is 2.84. The predicted molar refractivity (Wildman–Crippen MR) is 70.7 cm³/mol. The summed E-state index contributed by atoms with van der Waals surface area (Å²) in [6.07, 6.45) is 1.91. The Bertz CT molecular complexity index is 365. The van der Waals surface area contributed by atoms with Gasteiger partial charge in [0.05, 0.1) is 14.8 Å². The van der Waals surface area contributed by atoms with Crippen LogP contribution in [0.1, 0.15) is 16.6 Å². The number of hydrogen-bond donors (Lipinski definition) is 2. The van der Waals surface area contributed by atoms with Gasteiger partial charge < -0.3 is 10.4 Å². The lowest BCUT2D eigenvalue weighted by Gasteiger charge is -2.22. The Morgan fingerprint density at radius 1 is 1.69 bits per heavy atom. The van der Waals surface area contributed by atoms with Gasteiger partial charge in [-0.1, -0.05) is 11.6 Å². The van der Waals surface area contributed by atoms with Crippen molar-refractivity contribution in [1.82, 2.24) is 5.32 Å². The van der Waals surface area contributed by atoms with Crippen molar-refractivity contribution in [2.24, 2.45) is 0 Å². The van der Waals surface area contributed by atoms with Crippen molar-refractivity contribution in [2.45, 2.75) is 12.5 Å². The first-order chi connectivity index (χ1) is 7.44. The first kappa shape index (κ1) is 13.8. The molecule has 0 aliphatic rings. The van der Waals surface area contributed by atoms with E-state index in [0.717, 1.165) is 0 Å². The first-order valence-corrected chi connectivity index (χ1v) is 7.28. The fourth-order valence-electron chi connectivity index (χ4n) is 1.16. The molecular weight excluding hydrogens is 266 g/mol. The molecule has 3 nitrogen and oxygen atoms in total. The van der Waals surface area contributed by atoms with Crippen LogP contribution in [0.4, 0.5) is 0 Å². The maximum absolute atomic E-state index is 11.6. The summed E-state index contributed by atoms with van der Waals surface area (Å²) in [4.78, 5) is 12.2. The first-order valence-electron chi connectivity index (χ1n) is 4.69. The van der Waals surface area contributed by atoms with Crippen molar-refractivity contribution in [3.8, 4) is 0 Å². The van der Waals surface area contributed by atoms with Crippen molar-refractivity contribution in [1.29, 1.82) is 0 Å². The molecule has 0 unspecified atom stereocenters. The summed E-state index contributed by atoms with van der Waals surface area (Å²) in [7, 11) is 0. The molecule has 0 saturated heterocycles. The smallest absolute Gasteiger partial charge is 0.261 e. The molecule has 0 aromatic carbocycles. The number of rotatable bonds is 5. The average Bonchev–Trinajstić information content (AvgIpc) is 2.61. The zero-order valence-corrected chi connectivity index (χ0v) is 11.5. The van der Waals surface area contributed by atoms with E-state index in [0.29, 0.717) is 15.0 Å². The van der Waals surface area contributed by atoms with Gasteiger partial charge in [-0.2, -0.15) is 11.8 Å². The third-order valence-electron chi connectivity index (χ3n) is 1.88. The minimum atomic E-state index is -0.879. The molecule has 1 heterocycles. The molecule has 0 bridgehead atoms. The number of carbonyl (C=O) groups is 1. The number of hydrogen-bond acceptors (Lipinski definition) is 4. The summed E-state index contributed by atoms with van der Waals surface area (Å²) in [6, 6.07) is 3.35. The van der Waals surface area contributed by atoms with Crippen LogP contribution < -0.4 is 5.32 Å². The molecule has 16 heavy (non-hydrogen) atoms. The van der Waals surface area contributed by atoms with Crippen molar-refractivity contribution in [2.75, 3.05) is 18.6 Å². The zero-order valence-electron chi connectivity index (χ0n) is 9.12. The van der Waals surface area contributed by atoms with E-state index in [2.05, 4.69) is 5.32 Å². The van der Waals surface area contributed by atoms with Crippen LogP contribution in [0.5, 0.6) is 0 Å². The second-order valence-electron chi connectivity index (χ2n) is 3.72. The molecule has 1 aromatic heterocycles. The second-order valence-corrected chi connectivity index (χ2v) is 6.30. The maximum Gasteiger partial charge on any atom is 0.261 e. The van der Waals surface area contributed by atoms with Crippen LogP contribution in [0.15, 0.2) is 12.1 Å². The normalized spacial score (nSPS) is 14.5. The van der Waals surface area contributed by atoms with E-state index < -0.39 is 5.60 Å². The second kappa shape index (κ2) is 5.91. The van der Waals surface area contributed by atoms with E-state index in [4.69, 9.17) is 11.6 Å². The molecule has 6 heteroatoms. The lowest BCUT2D eigenvalue weighted by Crippen LogP contribution is -2.42. The van der Waals surface area contributed by atoms with Crippen LogP contribution in [0.25, 0.3) is 0 Å². The summed E-state index contributed by atoms with van der Waals surface area (Å²) >= 11 is 8.50. The van der Waals surface area contributed by atoms with E-state index >= 15 is 0 Å². The van der Waals surface area contributed by atoms with Gasteiger partial charge in [-0.25, -0.2) is 0 Å². The lowest BCUT2D eigenvalue weighted by molar-refractivity contribution is 0.0727. The highest BCUT2D eigenvalue weighted by molar-refractivity contribution is 7.98. The van der Waals surface area contributed by atoms with Gasteiger partial charge in [-0.3, -0.25) is 4.79 Å². The van der Waals surface area contributed by atoms with Gasteiger partial charge in [0, 0.05) is 12.3 Å². The molecule has 0 saturated carbocycles. The minimum Gasteiger partial charge on any atom is -0.387 e. The molecule has 90 valence electrons. The predicted octanol–water partition coefficient (Wildman–Crippen LogP) is 2.25. The highest BCUT2D eigenvalue weighted by Gasteiger charge is 2.21. The number of nitrogens with one attached hydrogen (secondary N) is 1. The standard InChI is InChI=1S/C10H14ClNO2S2/c1-10(14,6-15-2)5-12-9(13)7-3-4-8(11)16-7/h3-4,14H,5-6H2,1-2H3,(H,12,13)/t10-/m0/s1. The third kappa shape index (κ3) is 4.33. The van der Waals surface area contributed by atoms with Gasteiger partial charge in [-0.05, 0) is 25.3 Å². The monoisotopic (exact) mass is 279 g/mol. The lowest BCUT2D eigenvalue weighted by atomic mass is 10.1. The molecule has 1 rings (SSSR count). The topological polar surface area (TPSA) is 49.3 Å². The molecule has 0 aliphatic carbocycles. The van der Waals surface area contributed by atoms with Crippen LogP contribution in [0, 0.1) is 0 Å². The van der Waals surface area contributed by atoms with Gasteiger partial charge >= 0.3 is 0 Å². The van der Waals surface area contributed by atoms with Crippen LogP contribution in [0.3, 0.4) is 0 Å². The summed E-state index contributed by atoms with van der Waals surface area (Å²) in [5.74, 6) is 0.386. The molecule has 1 atom stereocenters. The summed E-state index contributed by atoms with van der Waals surface area (Å²) in [5.41, 5.74) is -0.879. The van der Waals surface area contributed by atoms with Gasteiger partial charge in [0.25, 0.3) is 5.91 Å². The Morgan fingerprint density at radius 2 is 2.38 bits per heavy atom. The molecule has 0 fully saturated rings. The molecule has 1 amide bonds. The quantitative estimate of drug-likeness (QED) is 0.869. The van der Waals surface area contributed by atoms with Crippen LogP contribution >= 0.6 is 34.7 Å². The number of thioether (sulfide) groups is 1. The molecule has 0 radical (unpaired) electrons. The SMILES string of the molecule is CSC[C@@](C)(O)CNC(=O)c1ccc(Cl)s1. The molecule has 2 N–H and O–H groups in total.